The van der Waals surface area contributed by atoms with Crippen LogP contribution in [0.15, 0.2) is 0 Å². The number of aliphatic carboxylic acids is 1. The summed E-state index contributed by atoms with van der Waals surface area (Å²) in [6.07, 6.45) is -3.65. The Labute approximate surface area is 209 Å². The van der Waals surface area contributed by atoms with Crippen molar-refractivity contribution in [2.45, 2.75) is 102 Å². The number of ether oxygens (including phenoxy) is 3. The summed E-state index contributed by atoms with van der Waals surface area (Å²) in [4.78, 5) is 48.8. The number of aliphatic hydroxyl groups excluding tert-OH is 2. The molecular weight excluding hydrogens is 480 g/mol. The number of rotatable bonds is 12. The summed E-state index contributed by atoms with van der Waals surface area (Å²) in [6, 6.07) is -4.57. The molecule has 1 unspecified atom stereocenters. The molecule has 8 N–H and O–H groups in total. The first-order chi connectivity index (χ1) is 16.6. The van der Waals surface area contributed by atoms with Gasteiger partial charge in [-0.05, 0) is 33.1 Å². The second-order valence-electron chi connectivity index (χ2n) is 9.99. The van der Waals surface area contributed by atoms with Crippen LogP contribution in [0.4, 0.5) is 0 Å². The molecule has 0 aliphatic carbocycles. The molecule has 0 aromatic carbocycles. The van der Waals surface area contributed by atoms with Crippen LogP contribution in [0.2, 0.25) is 0 Å². The summed E-state index contributed by atoms with van der Waals surface area (Å²) in [6.45, 7) is 7.58. The third-order valence-electron chi connectivity index (χ3n) is 5.80. The molecule has 0 aromatic heterocycles. The lowest BCUT2D eigenvalue weighted by molar-refractivity contribution is -0.217. The first-order valence-corrected chi connectivity index (χ1v) is 11.8. The fourth-order valence-corrected chi connectivity index (χ4v) is 4.02. The van der Waals surface area contributed by atoms with Crippen LogP contribution >= 0.6 is 0 Å². The van der Waals surface area contributed by atoms with Gasteiger partial charge in [0.25, 0.3) is 0 Å². The van der Waals surface area contributed by atoms with Crippen LogP contribution in [0.5, 0.6) is 0 Å². The number of nitrogens with two attached hydrogens (primary N) is 1. The maximum absolute atomic E-state index is 12.7. The predicted octanol–water partition coefficient (Wildman–Crippen LogP) is -2.46. The number of hydrogen-bond acceptors (Lipinski definition) is 10. The molecule has 14 heteroatoms. The molecule has 3 amide bonds. The zero-order valence-corrected chi connectivity index (χ0v) is 21.1. The molecule has 2 saturated heterocycles. The third-order valence-corrected chi connectivity index (χ3v) is 5.80. The highest BCUT2D eigenvalue weighted by Gasteiger charge is 2.55. The van der Waals surface area contributed by atoms with E-state index in [1.807, 2.05) is 13.8 Å². The van der Waals surface area contributed by atoms with E-state index in [1.165, 1.54) is 6.92 Å². The maximum atomic E-state index is 12.7. The molecule has 8 atom stereocenters. The predicted molar refractivity (Wildman–Crippen MR) is 123 cm³/mol. The van der Waals surface area contributed by atoms with Gasteiger partial charge in [-0.15, -0.1) is 0 Å². The largest absolute Gasteiger partial charge is 0.480 e. The Balaban J connectivity index is 1.89. The lowest BCUT2D eigenvalue weighted by atomic mass is 10.0. The van der Waals surface area contributed by atoms with Gasteiger partial charge in [0, 0.05) is 12.5 Å². The Morgan fingerprint density at radius 3 is 2.14 bits per heavy atom. The summed E-state index contributed by atoms with van der Waals surface area (Å²) >= 11 is 0. The second kappa shape index (κ2) is 12.3. The number of nitrogens with one attached hydrogen (secondary N) is 3. The number of aliphatic hydroxyl groups is 2. The van der Waals surface area contributed by atoms with E-state index in [0.717, 1.165) is 0 Å². The molecule has 0 spiro atoms. The van der Waals surface area contributed by atoms with Gasteiger partial charge in [-0.1, -0.05) is 13.8 Å². The Bertz CT molecular complexity index is 823. The first kappa shape index (κ1) is 29.9. The highest BCUT2D eigenvalue weighted by atomic mass is 16.8. The Morgan fingerprint density at radius 1 is 1.00 bits per heavy atom. The van der Waals surface area contributed by atoms with Crippen molar-refractivity contribution in [3.63, 3.8) is 0 Å². The number of amides is 3. The number of fused-ring (bicyclic) bond motifs is 1. The van der Waals surface area contributed by atoms with Gasteiger partial charge in [-0.2, -0.15) is 0 Å². The Morgan fingerprint density at radius 2 is 1.61 bits per heavy atom. The maximum Gasteiger partial charge on any atom is 0.328 e. The smallest absolute Gasteiger partial charge is 0.328 e. The van der Waals surface area contributed by atoms with E-state index in [0.29, 0.717) is 0 Å². The van der Waals surface area contributed by atoms with Crippen molar-refractivity contribution in [1.82, 2.24) is 16.0 Å². The standard InChI is InChI=1S/C22H38N4O10/c1-9(2)6-12(19(31)26-13(8-27)20(32)33)25-18(30)10(3)24-14(28)7-11(23)16-15(29)17-21(34-16)36-22(4,5)35-17/h9-13,15-17,21,27,29H,6-8,23H2,1-5H3,(H,24,28)(H,25,30)(H,26,31)(H,32,33)/t10-,11-,12-,13-,15-,16?,17+,21+/m0/s1. The van der Waals surface area contributed by atoms with Crippen LogP contribution in [0, 0.1) is 5.92 Å². The fourth-order valence-electron chi connectivity index (χ4n) is 4.02. The van der Waals surface area contributed by atoms with Crippen molar-refractivity contribution in [2.24, 2.45) is 11.7 Å². The SMILES string of the molecule is CC(C)C[C@H](NC(=O)[C@H](C)NC(=O)C[C@H](N)C1O[C@@H]2OC(C)(C)O[C@@H]2[C@H]1O)C(=O)N[C@@H](CO)C(=O)O. The quantitative estimate of drug-likeness (QED) is 0.144. The molecule has 2 rings (SSSR count). The Kier molecular flexibility index (Phi) is 10.2. The van der Waals surface area contributed by atoms with E-state index in [9.17, 15) is 24.3 Å². The third kappa shape index (κ3) is 7.82. The lowest BCUT2D eigenvalue weighted by Gasteiger charge is -2.27. The van der Waals surface area contributed by atoms with Crippen molar-refractivity contribution >= 4 is 23.7 Å². The molecule has 36 heavy (non-hydrogen) atoms. The van der Waals surface area contributed by atoms with Crippen LogP contribution in [-0.4, -0.2) is 100 Å². The minimum Gasteiger partial charge on any atom is -0.480 e. The monoisotopic (exact) mass is 518 g/mol. The molecule has 2 fully saturated rings. The second-order valence-corrected chi connectivity index (χ2v) is 9.99. The van der Waals surface area contributed by atoms with Gasteiger partial charge in [0.05, 0.1) is 6.61 Å². The summed E-state index contributed by atoms with van der Waals surface area (Å²) in [5.41, 5.74) is 6.07. The molecule has 0 aromatic rings. The highest BCUT2D eigenvalue weighted by molar-refractivity contribution is 5.93. The minimum absolute atomic E-state index is 0.0304. The molecule has 0 bridgehead atoms. The highest BCUT2D eigenvalue weighted by Crippen LogP contribution is 2.38. The van der Waals surface area contributed by atoms with Crippen molar-refractivity contribution in [3.8, 4) is 0 Å². The van der Waals surface area contributed by atoms with Crippen molar-refractivity contribution < 1.29 is 48.7 Å². The summed E-state index contributed by atoms with van der Waals surface area (Å²) in [5.74, 6) is -4.40. The molecular formula is C22H38N4O10. The Hall–Kier alpha value is -2.36. The topological polar surface area (TPSA) is 219 Å². The normalized spacial score (nSPS) is 28.0. The van der Waals surface area contributed by atoms with Gasteiger partial charge in [0.1, 0.15) is 36.4 Å². The lowest BCUT2D eigenvalue weighted by Crippen LogP contribution is -2.56. The number of carbonyl (C=O) groups excluding carboxylic acids is 3. The van der Waals surface area contributed by atoms with E-state index in [-0.39, 0.29) is 18.8 Å². The van der Waals surface area contributed by atoms with Crippen molar-refractivity contribution in [1.29, 1.82) is 0 Å². The fraction of sp³-hybridized carbons (Fsp3) is 0.818. The number of hydrogen-bond donors (Lipinski definition) is 7. The molecule has 2 heterocycles. The number of carboxylic acid groups (broad SMARTS) is 1. The molecule has 0 saturated carbocycles. The number of carbonyl (C=O) groups is 4. The van der Waals surface area contributed by atoms with Gasteiger partial charge in [0.2, 0.25) is 17.7 Å². The number of carboxylic acids is 1. The first-order valence-electron chi connectivity index (χ1n) is 11.8. The van der Waals surface area contributed by atoms with Gasteiger partial charge in [0.15, 0.2) is 12.1 Å². The molecule has 2 aliphatic rings. The summed E-state index contributed by atoms with van der Waals surface area (Å²) in [5, 5.41) is 35.8. The average Bonchev–Trinajstić information content (AvgIpc) is 3.22. The van der Waals surface area contributed by atoms with Crippen LogP contribution in [0.25, 0.3) is 0 Å². The van der Waals surface area contributed by atoms with Crippen LogP contribution in [0.1, 0.15) is 47.5 Å². The van der Waals surface area contributed by atoms with E-state index in [4.69, 9.17) is 30.2 Å². The van der Waals surface area contributed by atoms with Gasteiger partial charge in [-0.3, -0.25) is 14.4 Å². The van der Waals surface area contributed by atoms with Crippen molar-refractivity contribution in [3.05, 3.63) is 0 Å². The zero-order valence-electron chi connectivity index (χ0n) is 21.1. The minimum atomic E-state index is -1.52. The summed E-state index contributed by atoms with van der Waals surface area (Å²) in [7, 11) is 0. The van der Waals surface area contributed by atoms with E-state index >= 15 is 0 Å². The molecule has 206 valence electrons. The van der Waals surface area contributed by atoms with Gasteiger partial charge < -0.3 is 51.2 Å². The molecule has 2 aliphatic heterocycles. The summed E-state index contributed by atoms with van der Waals surface area (Å²) < 4.78 is 16.8. The van der Waals surface area contributed by atoms with Gasteiger partial charge in [-0.25, -0.2) is 4.79 Å². The van der Waals surface area contributed by atoms with E-state index < -0.39 is 84.9 Å². The van der Waals surface area contributed by atoms with Crippen LogP contribution in [-0.2, 0) is 33.4 Å². The van der Waals surface area contributed by atoms with Crippen molar-refractivity contribution in [2.75, 3.05) is 6.61 Å². The zero-order chi connectivity index (χ0) is 27.4. The molecule has 14 nitrogen and oxygen atoms in total. The van der Waals surface area contributed by atoms with Crippen LogP contribution in [0.3, 0.4) is 0 Å². The molecule has 0 radical (unpaired) electrons. The average molecular weight is 519 g/mol. The van der Waals surface area contributed by atoms with E-state index in [1.54, 1.807) is 13.8 Å². The van der Waals surface area contributed by atoms with Crippen LogP contribution < -0.4 is 21.7 Å². The van der Waals surface area contributed by atoms with Gasteiger partial charge >= 0.3 is 5.97 Å². The van der Waals surface area contributed by atoms with E-state index in [2.05, 4.69) is 16.0 Å².